The Morgan fingerprint density at radius 2 is 1.97 bits per heavy atom. The lowest BCUT2D eigenvalue weighted by atomic mass is 10.0. The maximum absolute atomic E-state index is 13.2. The highest BCUT2D eigenvalue weighted by atomic mass is 32.2. The minimum absolute atomic E-state index is 0.0524. The van der Waals surface area contributed by atoms with Gasteiger partial charge in [0.05, 0.1) is 18.0 Å². The summed E-state index contributed by atoms with van der Waals surface area (Å²) < 4.78 is 38.2. The Balaban J connectivity index is 1.50. The Kier molecular flexibility index (Phi) is 6.48. The number of anilines is 1. The number of aryl methyl sites for hydroxylation is 1. The molecule has 9 nitrogen and oxygen atoms in total. The van der Waals surface area contributed by atoms with Crippen molar-refractivity contribution in [3.63, 3.8) is 0 Å². The van der Waals surface area contributed by atoms with Gasteiger partial charge in [0.15, 0.2) is 0 Å². The van der Waals surface area contributed by atoms with Gasteiger partial charge in [-0.1, -0.05) is 5.16 Å². The van der Waals surface area contributed by atoms with Gasteiger partial charge in [-0.3, -0.25) is 4.79 Å². The highest BCUT2D eigenvalue weighted by Crippen LogP contribution is 2.30. The summed E-state index contributed by atoms with van der Waals surface area (Å²) in [5.74, 6) is 1.25. The molecule has 1 amide bonds. The molecule has 0 bridgehead atoms. The zero-order valence-corrected chi connectivity index (χ0v) is 19.6. The first-order chi connectivity index (χ1) is 15.8. The van der Waals surface area contributed by atoms with E-state index in [-0.39, 0.29) is 23.2 Å². The molecule has 0 unspecified atom stereocenters. The number of hydrogen-bond acceptors (Lipinski definition) is 7. The van der Waals surface area contributed by atoms with Crippen LogP contribution in [0.4, 0.5) is 5.69 Å². The topological polar surface area (TPSA) is 106 Å². The van der Waals surface area contributed by atoms with Crippen LogP contribution in [-0.2, 0) is 27.8 Å². The first-order valence-electron chi connectivity index (χ1n) is 10.7. The number of carbonyl (C=O) groups is 1. The second-order valence-electron chi connectivity index (χ2n) is 7.79. The van der Waals surface area contributed by atoms with Crippen LogP contribution >= 0.6 is 0 Å². The molecule has 4 rings (SSSR count). The molecule has 1 aliphatic rings. The zero-order valence-electron chi connectivity index (χ0n) is 18.8. The Hall–Kier alpha value is -3.24. The van der Waals surface area contributed by atoms with Gasteiger partial charge in [-0.15, -0.1) is 0 Å². The third-order valence-corrected chi connectivity index (χ3v) is 7.31. The smallest absolute Gasteiger partial charge is 0.243 e. The van der Waals surface area contributed by atoms with Gasteiger partial charge >= 0.3 is 0 Å². The lowest BCUT2D eigenvalue weighted by Crippen LogP contribution is -2.34. The zero-order chi connectivity index (χ0) is 23.6. The number of hydrogen-bond donors (Lipinski definition) is 0. The van der Waals surface area contributed by atoms with Crippen molar-refractivity contribution in [1.82, 2.24) is 14.4 Å². The first kappa shape index (κ1) is 22.9. The number of ether oxygens (including phenoxy) is 1. The molecule has 0 fully saturated rings. The summed E-state index contributed by atoms with van der Waals surface area (Å²) in [6.07, 6.45) is 1.52. The van der Waals surface area contributed by atoms with Crippen molar-refractivity contribution in [1.29, 1.82) is 0 Å². The van der Waals surface area contributed by atoms with Gasteiger partial charge in [-0.25, -0.2) is 8.42 Å². The number of nitrogens with zero attached hydrogens (tertiary/aromatic N) is 4. The fraction of sp³-hybridized carbons (Fsp3) is 0.348. The third-order valence-electron chi connectivity index (χ3n) is 5.51. The average Bonchev–Trinajstić information content (AvgIpc) is 3.27. The van der Waals surface area contributed by atoms with Crippen molar-refractivity contribution in [2.45, 2.75) is 38.1 Å². The Labute approximate surface area is 193 Å². The number of amides is 1. The number of benzene rings is 2. The molecule has 3 aromatic rings. The van der Waals surface area contributed by atoms with E-state index in [1.54, 1.807) is 17.0 Å². The second kappa shape index (κ2) is 9.32. The standard InChI is InChI=1S/C23H26N4O5S/c1-4-31-19-9-7-17(8-10-19)23-24-22(32-25-23)15-26(3)33(29,30)20-11-12-21-18(14-20)6-5-13-27(21)16(2)28/h7-12,14H,4-6,13,15H2,1-3H3. The van der Waals surface area contributed by atoms with Crippen molar-refractivity contribution in [2.75, 3.05) is 25.1 Å². The molecule has 0 atom stereocenters. The second-order valence-corrected chi connectivity index (χ2v) is 9.84. The van der Waals surface area contributed by atoms with Crippen LogP contribution in [0.3, 0.4) is 0 Å². The summed E-state index contributed by atoms with van der Waals surface area (Å²) >= 11 is 0. The van der Waals surface area contributed by atoms with Crippen molar-refractivity contribution in [3.8, 4) is 17.1 Å². The van der Waals surface area contributed by atoms with E-state index >= 15 is 0 Å². The van der Waals surface area contributed by atoms with Crippen molar-refractivity contribution >= 4 is 21.6 Å². The molecular formula is C23H26N4O5S. The molecule has 2 aromatic carbocycles. The van der Waals surface area contributed by atoms with E-state index in [1.165, 1.54) is 24.3 Å². The van der Waals surface area contributed by atoms with Gasteiger partial charge in [0.25, 0.3) is 0 Å². The molecule has 0 aliphatic carbocycles. The van der Waals surface area contributed by atoms with Crippen molar-refractivity contribution in [2.24, 2.45) is 0 Å². The van der Waals surface area contributed by atoms with Gasteiger partial charge in [-0.05, 0) is 67.8 Å². The van der Waals surface area contributed by atoms with E-state index in [4.69, 9.17) is 9.26 Å². The number of sulfonamides is 1. The van der Waals surface area contributed by atoms with E-state index in [0.29, 0.717) is 19.0 Å². The molecule has 0 N–H and O–H groups in total. The largest absolute Gasteiger partial charge is 0.494 e. The van der Waals surface area contributed by atoms with E-state index in [9.17, 15) is 13.2 Å². The number of aromatic nitrogens is 2. The fourth-order valence-corrected chi connectivity index (χ4v) is 4.99. The van der Waals surface area contributed by atoms with Crippen LogP contribution < -0.4 is 9.64 Å². The molecule has 10 heteroatoms. The predicted octanol–water partition coefficient (Wildman–Crippen LogP) is 3.26. The van der Waals surface area contributed by atoms with Gasteiger partial charge in [0.1, 0.15) is 5.75 Å². The lowest BCUT2D eigenvalue weighted by molar-refractivity contribution is -0.116. The van der Waals surface area contributed by atoms with Gasteiger partial charge in [0, 0.05) is 31.8 Å². The molecule has 0 saturated carbocycles. The van der Waals surface area contributed by atoms with Crippen LogP contribution in [0.1, 0.15) is 31.7 Å². The monoisotopic (exact) mass is 470 g/mol. The van der Waals surface area contributed by atoms with Crippen molar-refractivity contribution < 1.29 is 22.5 Å². The van der Waals surface area contributed by atoms with E-state index < -0.39 is 10.0 Å². The van der Waals surface area contributed by atoms with Crippen LogP contribution in [0.2, 0.25) is 0 Å². The summed E-state index contributed by atoms with van der Waals surface area (Å²) in [7, 11) is -2.32. The molecule has 0 spiro atoms. The SMILES string of the molecule is CCOc1ccc(-c2noc(CN(C)S(=O)(=O)c3ccc4c(c3)CCCN4C(C)=O)n2)cc1. The highest BCUT2D eigenvalue weighted by Gasteiger charge is 2.27. The third kappa shape index (κ3) is 4.76. The van der Waals surface area contributed by atoms with E-state index in [0.717, 1.165) is 35.4 Å². The molecule has 174 valence electrons. The minimum Gasteiger partial charge on any atom is -0.494 e. The summed E-state index contributed by atoms with van der Waals surface area (Å²) in [6, 6.07) is 12.1. The first-order valence-corrected chi connectivity index (χ1v) is 12.2. The number of fused-ring (bicyclic) bond motifs is 1. The molecule has 33 heavy (non-hydrogen) atoms. The maximum atomic E-state index is 13.2. The van der Waals surface area contributed by atoms with E-state index in [1.807, 2.05) is 31.2 Å². The van der Waals surface area contributed by atoms with Crippen LogP contribution in [0, 0.1) is 0 Å². The Morgan fingerprint density at radius 1 is 1.21 bits per heavy atom. The highest BCUT2D eigenvalue weighted by molar-refractivity contribution is 7.89. The van der Waals surface area contributed by atoms with Crippen molar-refractivity contribution in [3.05, 3.63) is 53.9 Å². The summed E-state index contributed by atoms with van der Waals surface area (Å²) in [5, 5.41) is 3.97. The van der Waals surface area contributed by atoms with Crippen LogP contribution in [0.5, 0.6) is 5.75 Å². The predicted molar refractivity (Wildman–Crippen MR) is 122 cm³/mol. The Bertz CT molecular complexity index is 1250. The Morgan fingerprint density at radius 3 is 2.67 bits per heavy atom. The van der Waals surface area contributed by atoms with Crippen LogP contribution in [0.15, 0.2) is 51.9 Å². The number of carbonyl (C=O) groups excluding carboxylic acids is 1. The van der Waals surface area contributed by atoms with Crippen LogP contribution in [-0.4, -0.2) is 49.0 Å². The molecule has 2 heterocycles. The lowest BCUT2D eigenvalue weighted by Gasteiger charge is -2.29. The molecule has 0 saturated heterocycles. The van der Waals surface area contributed by atoms with Gasteiger partial charge in [-0.2, -0.15) is 9.29 Å². The summed E-state index contributed by atoms with van der Waals surface area (Å²) in [5.41, 5.74) is 2.36. The normalized spacial score (nSPS) is 13.8. The van der Waals surface area contributed by atoms with E-state index in [2.05, 4.69) is 10.1 Å². The molecule has 0 radical (unpaired) electrons. The van der Waals surface area contributed by atoms with Gasteiger partial charge < -0.3 is 14.2 Å². The van der Waals surface area contributed by atoms with Gasteiger partial charge in [0.2, 0.25) is 27.6 Å². The maximum Gasteiger partial charge on any atom is 0.243 e. The summed E-state index contributed by atoms with van der Waals surface area (Å²) in [6.45, 7) is 4.57. The summed E-state index contributed by atoms with van der Waals surface area (Å²) in [4.78, 5) is 18.1. The quantitative estimate of drug-likeness (QED) is 0.522. The molecule has 1 aromatic heterocycles. The fourth-order valence-electron chi connectivity index (χ4n) is 3.82. The molecule has 1 aliphatic heterocycles. The number of rotatable bonds is 7. The molecular weight excluding hydrogens is 444 g/mol. The minimum atomic E-state index is -3.79. The average molecular weight is 471 g/mol. The van der Waals surface area contributed by atoms with Crippen LogP contribution in [0.25, 0.3) is 11.4 Å².